The number of nitrogens with zero attached hydrogens (tertiary/aromatic N) is 1. The minimum atomic E-state index is -0.552. The van der Waals surface area contributed by atoms with E-state index in [0.29, 0.717) is 5.41 Å². The van der Waals surface area contributed by atoms with E-state index in [1.807, 2.05) is 0 Å². The lowest BCUT2D eigenvalue weighted by atomic mass is 9.69. The van der Waals surface area contributed by atoms with Gasteiger partial charge < -0.3 is 10.2 Å². The van der Waals surface area contributed by atoms with E-state index in [-0.39, 0.29) is 0 Å². The molecule has 1 saturated carbocycles. The van der Waals surface area contributed by atoms with E-state index >= 15 is 0 Å². The van der Waals surface area contributed by atoms with Crippen LogP contribution in [0.5, 0.6) is 0 Å². The topological polar surface area (TPSA) is 32.3 Å². The Bertz CT molecular complexity index is 314. The maximum Gasteiger partial charge on any atom is 0.0363 e. The number of hydrogen-bond acceptors (Lipinski definition) is 3. The summed E-state index contributed by atoms with van der Waals surface area (Å²) < 4.78 is 11.5. The maximum absolute atomic E-state index is 11.5. The molecular formula is C16H32N2OS. The second kappa shape index (κ2) is 7.90. The second-order valence-electron chi connectivity index (χ2n) is 7.00. The van der Waals surface area contributed by atoms with E-state index in [1.54, 1.807) is 0 Å². The molecule has 0 spiro atoms. The molecule has 0 radical (unpaired) electrons. The highest BCUT2D eigenvalue weighted by molar-refractivity contribution is 7.85. The van der Waals surface area contributed by atoms with Gasteiger partial charge in [0.15, 0.2) is 0 Å². The van der Waals surface area contributed by atoms with E-state index in [1.165, 1.54) is 45.2 Å². The average molecular weight is 301 g/mol. The van der Waals surface area contributed by atoms with Crippen LogP contribution in [0.3, 0.4) is 0 Å². The summed E-state index contributed by atoms with van der Waals surface area (Å²) >= 11 is 0. The highest BCUT2D eigenvalue weighted by atomic mass is 32.2. The van der Waals surface area contributed by atoms with Crippen LogP contribution < -0.4 is 5.32 Å². The fourth-order valence-corrected chi connectivity index (χ4v) is 5.10. The fraction of sp³-hybridized carbons (Fsp3) is 1.00. The first-order chi connectivity index (χ1) is 9.63. The molecule has 0 aromatic rings. The van der Waals surface area contributed by atoms with Gasteiger partial charge in [0.2, 0.25) is 0 Å². The minimum Gasteiger partial charge on any atom is -0.316 e. The molecule has 3 nitrogen and oxygen atoms in total. The van der Waals surface area contributed by atoms with E-state index in [0.717, 1.165) is 37.1 Å². The van der Waals surface area contributed by atoms with Crippen LogP contribution in [0, 0.1) is 11.3 Å². The Balaban J connectivity index is 1.92. The predicted octanol–water partition coefficient (Wildman–Crippen LogP) is 2.25. The van der Waals surface area contributed by atoms with Crippen LogP contribution in [0.15, 0.2) is 0 Å². The summed E-state index contributed by atoms with van der Waals surface area (Å²) in [5.74, 6) is 2.63. The molecule has 1 saturated heterocycles. The van der Waals surface area contributed by atoms with E-state index in [9.17, 15) is 4.21 Å². The molecule has 20 heavy (non-hydrogen) atoms. The van der Waals surface area contributed by atoms with Gasteiger partial charge in [0.1, 0.15) is 0 Å². The Morgan fingerprint density at radius 2 is 2.10 bits per heavy atom. The minimum absolute atomic E-state index is 0.464. The van der Waals surface area contributed by atoms with Crippen LogP contribution >= 0.6 is 0 Å². The molecule has 2 atom stereocenters. The Morgan fingerprint density at radius 1 is 1.35 bits per heavy atom. The molecule has 1 aliphatic heterocycles. The summed E-state index contributed by atoms with van der Waals surface area (Å²) in [6.07, 6.45) is 6.74. The fourth-order valence-electron chi connectivity index (χ4n) is 3.97. The summed E-state index contributed by atoms with van der Waals surface area (Å²) in [6.45, 7) is 10.3. The van der Waals surface area contributed by atoms with Crippen molar-refractivity contribution in [3.8, 4) is 0 Å². The molecule has 2 rings (SSSR count). The van der Waals surface area contributed by atoms with Crippen molar-refractivity contribution < 1.29 is 4.21 Å². The van der Waals surface area contributed by atoms with Crippen molar-refractivity contribution in [1.82, 2.24) is 10.2 Å². The molecule has 1 N–H and O–H groups in total. The lowest BCUT2D eigenvalue weighted by molar-refractivity contribution is 0.0845. The highest BCUT2D eigenvalue weighted by Gasteiger charge is 2.36. The summed E-state index contributed by atoms with van der Waals surface area (Å²) in [5, 5.41) is 3.68. The monoisotopic (exact) mass is 300 g/mol. The van der Waals surface area contributed by atoms with Gasteiger partial charge in [-0.25, -0.2) is 0 Å². The predicted molar refractivity (Wildman–Crippen MR) is 87.5 cm³/mol. The molecule has 4 heteroatoms. The smallest absolute Gasteiger partial charge is 0.0363 e. The Morgan fingerprint density at radius 3 is 2.75 bits per heavy atom. The van der Waals surface area contributed by atoms with Crippen molar-refractivity contribution in [2.45, 2.75) is 46.0 Å². The standard InChI is InChI=1S/C16H32N2OS/c1-3-7-17-13-16(6-4-5-15(2)12-16)14-18-8-10-20(19)11-9-18/h15,17H,3-14H2,1-2H3. The molecule has 0 amide bonds. The van der Waals surface area contributed by atoms with Crippen molar-refractivity contribution in [3.05, 3.63) is 0 Å². The molecule has 0 aromatic carbocycles. The highest BCUT2D eigenvalue weighted by Crippen LogP contribution is 2.39. The van der Waals surface area contributed by atoms with Crippen molar-refractivity contribution in [3.63, 3.8) is 0 Å². The largest absolute Gasteiger partial charge is 0.316 e. The van der Waals surface area contributed by atoms with E-state index < -0.39 is 10.8 Å². The van der Waals surface area contributed by atoms with Gasteiger partial charge in [0.25, 0.3) is 0 Å². The van der Waals surface area contributed by atoms with Gasteiger partial charge in [-0.1, -0.05) is 26.7 Å². The molecule has 1 heterocycles. The zero-order chi connectivity index (χ0) is 14.4. The van der Waals surface area contributed by atoms with Gasteiger partial charge in [-0.3, -0.25) is 4.21 Å². The third-order valence-corrected chi connectivity index (χ3v) is 6.22. The van der Waals surface area contributed by atoms with Crippen LogP contribution in [-0.2, 0) is 10.8 Å². The normalized spacial score (nSPS) is 33.4. The van der Waals surface area contributed by atoms with Gasteiger partial charge in [0, 0.05) is 48.5 Å². The number of nitrogens with one attached hydrogen (secondary N) is 1. The van der Waals surface area contributed by atoms with Crippen molar-refractivity contribution in [2.24, 2.45) is 11.3 Å². The number of rotatable bonds is 6. The van der Waals surface area contributed by atoms with Gasteiger partial charge in [-0.15, -0.1) is 0 Å². The van der Waals surface area contributed by atoms with Crippen LogP contribution in [0.25, 0.3) is 0 Å². The average Bonchev–Trinajstić information content (AvgIpc) is 2.42. The first-order valence-corrected chi connectivity index (χ1v) is 9.90. The van der Waals surface area contributed by atoms with Crippen molar-refractivity contribution >= 4 is 10.8 Å². The molecule has 118 valence electrons. The Hall–Kier alpha value is 0.0700. The van der Waals surface area contributed by atoms with Gasteiger partial charge >= 0.3 is 0 Å². The zero-order valence-electron chi connectivity index (χ0n) is 13.3. The zero-order valence-corrected chi connectivity index (χ0v) is 14.1. The van der Waals surface area contributed by atoms with E-state index in [2.05, 4.69) is 24.1 Å². The van der Waals surface area contributed by atoms with Gasteiger partial charge in [0.05, 0.1) is 0 Å². The van der Waals surface area contributed by atoms with Crippen LogP contribution in [0.4, 0.5) is 0 Å². The third-order valence-electron chi connectivity index (χ3n) is 4.94. The molecule has 2 unspecified atom stereocenters. The first kappa shape index (κ1) is 16.4. The van der Waals surface area contributed by atoms with Crippen LogP contribution in [0.2, 0.25) is 0 Å². The second-order valence-corrected chi connectivity index (χ2v) is 8.70. The molecule has 0 aromatic heterocycles. The first-order valence-electron chi connectivity index (χ1n) is 8.41. The quantitative estimate of drug-likeness (QED) is 0.764. The summed E-state index contributed by atoms with van der Waals surface area (Å²) in [6, 6.07) is 0. The van der Waals surface area contributed by atoms with Crippen LogP contribution in [-0.4, -0.2) is 53.3 Å². The molecule has 1 aliphatic carbocycles. The summed E-state index contributed by atoms with van der Waals surface area (Å²) in [7, 11) is -0.552. The molecular weight excluding hydrogens is 268 g/mol. The maximum atomic E-state index is 11.5. The van der Waals surface area contributed by atoms with Crippen LogP contribution in [0.1, 0.15) is 46.0 Å². The molecule has 2 fully saturated rings. The van der Waals surface area contributed by atoms with Crippen molar-refractivity contribution in [1.29, 1.82) is 0 Å². The van der Waals surface area contributed by atoms with Gasteiger partial charge in [-0.05, 0) is 37.1 Å². The summed E-state index contributed by atoms with van der Waals surface area (Å²) in [4.78, 5) is 2.58. The Kier molecular flexibility index (Phi) is 6.50. The SMILES string of the molecule is CCCNCC1(CN2CCS(=O)CC2)CCCC(C)C1. The lowest BCUT2D eigenvalue weighted by Gasteiger charge is -2.44. The third kappa shape index (κ3) is 4.81. The lowest BCUT2D eigenvalue weighted by Crippen LogP contribution is -2.50. The Labute approximate surface area is 127 Å². The van der Waals surface area contributed by atoms with E-state index in [4.69, 9.17) is 0 Å². The van der Waals surface area contributed by atoms with Gasteiger partial charge in [-0.2, -0.15) is 0 Å². The van der Waals surface area contributed by atoms with Crippen molar-refractivity contribution in [2.75, 3.05) is 44.2 Å². The summed E-state index contributed by atoms with van der Waals surface area (Å²) in [5.41, 5.74) is 0.464. The molecule has 2 aliphatic rings. The molecule has 0 bridgehead atoms. The number of hydrogen-bond donors (Lipinski definition) is 1.